The highest BCUT2D eigenvalue weighted by molar-refractivity contribution is 5.70. The van der Waals surface area contributed by atoms with Crippen LogP contribution >= 0.6 is 0 Å². The fourth-order valence-electron chi connectivity index (χ4n) is 2.79. The molecule has 1 aromatic rings. The molecule has 120 valence electrons. The molecule has 0 N–H and O–H groups in total. The van der Waals surface area contributed by atoms with Gasteiger partial charge < -0.3 is 9.64 Å². The molecule has 1 spiro atoms. The van der Waals surface area contributed by atoms with Crippen LogP contribution in [0.25, 0.3) is 0 Å². The number of piperazine rings is 1. The van der Waals surface area contributed by atoms with Gasteiger partial charge in [-0.1, -0.05) is 0 Å². The summed E-state index contributed by atoms with van der Waals surface area (Å²) in [5.74, 6) is 0.0637. The van der Waals surface area contributed by atoms with E-state index in [1.54, 1.807) is 0 Å². The lowest BCUT2D eigenvalue weighted by molar-refractivity contribution is 0.0105. The van der Waals surface area contributed by atoms with E-state index >= 15 is 0 Å². The number of halogens is 1. The molecule has 1 aliphatic heterocycles. The van der Waals surface area contributed by atoms with Crippen molar-refractivity contribution in [2.75, 3.05) is 24.5 Å². The van der Waals surface area contributed by atoms with E-state index in [1.165, 1.54) is 12.4 Å². The summed E-state index contributed by atoms with van der Waals surface area (Å²) in [6, 6.07) is 0. The van der Waals surface area contributed by atoms with Crippen LogP contribution in [0.4, 0.5) is 15.1 Å². The lowest BCUT2D eigenvalue weighted by atomic mass is 10.1. The van der Waals surface area contributed by atoms with Crippen LogP contribution in [0.2, 0.25) is 0 Å². The zero-order valence-electron chi connectivity index (χ0n) is 13.2. The van der Waals surface area contributed by atoms with Crippen LogP contribution in [-0.2, 0) is 4.74 Å². The number of anilines is 1. The highest BCUT2D eigenvalue weighted by atomic mass is 19.1. The SMILES string of the molecule is CC(C)(C)OC(=O)N1CCN(c2ncc(F)cn2)CC12CC2. The summed E-state index contributed by atoms with van der Waals surface area (Å²) in [7, 11) is 0. The molecule has 2 fully saturated rings. The van der Waals surface area contributed by atoms with Crippen molar-refractivity contribution in [3.8, 4) is 0 Å². The third-order valence-corrected chi connectivity index (χ3v) is 3.98. The minimum Gasteiger partial charge on any atom is -0.444 e. The van der Waals surface area contributed by atoms with Gasteiger partial charge in [0.25, 0.3) is 0 Å². The highest BCUT2D eigenvalue weighted by Crippen LogP contribution is 2.45. The Hall–Kier alpha value is -1.92. The average molecular weight is 308 g/mol. The van der Waals surface area contributed by atoms with Crippen LogP contribution < -0.4 is 4.90 Å². The van der Waals surface area contributed by atoms with E-state index < -0.39 is 11.4 Å². The van der Waals surface area contributed by atoms with Crippen molar-refractivity contribution in [3.63, 3.8) is 0 Å². The second kappa shape index (κ2) is 5.07. The molecule has 1 saturated carbocycles. The summed E-state index contributed by atoms with van der Waals surface area (Å²) >= 11 is 0. The summed E-state index contributed by atoms with van der Waals surface area (Å²) in [6.07, 6.45) is 3.97. The number of rotatable bonds is 1. The fraction of sp³-hybridized carbons (Fsp3) is 0.667. The molecular weight excluding hydrogens is 287 g/mol. The first-order valence-electron chi connectivity index (χ1n) is 7.52. The van der Waals surface area contributed by atoms with Crippen LogP contribution in [-0.4, -0.2) is 51.7 Å². The zero-order valence-corrected chi connectivity index (χ0v) is 13.2. The van der Waals surface area contributed by atoms with E-state index in [0.29, 0.717) is 25.6 Å². The first-order chi connectivity index (χ1) is 10.3. The lowest BCUT2D eigenvalue weighted by Gasteiger charge is -2.42. The average Bonchev–Trinajstić information content (AvgIpc) is 3.17. The molecule has 0 bridgehead atoms. The fourth-order valence-corrected chi connectivity index (χ4v) is 2.79. The van der Waals surface area contributed by atoms with Gasteiger partial charge in [0.15, 0.2) is 5.82 Å². The minimum absolute atomic E-state index is 0.182. The Balaban J connectivity index is 1.70. The molecule has 2 heterocycles. The molecule has 6 nitrogen and oxygen atoms in total. The van der Waals surface area contributed by atoms with E-state index in [0.717, 1.165) is 12.8 Å². The number of hydrogen-bond donors (Lipinski definition) is 0. The van der Waals surface area contributed by atoms with Crippen molar-refractivity contribution in [1.82, 2.24) is 14.9 Å². The monoisotopic (exact) mass is 308 g/mol. The third kappa shape index (κ3) is 2.98. The summed E-state index contributed by atoms with van der Waals surface area (Å²) in [5, 5.41) is 0. The number of hydrogen-bond acceptors (Lipinski definition) is 5. The van der Waals surface area contributed by atoms with E-state index in [-0.39, 0.29) is 11.6 Å². The number of carbonyl (C=O) groups is 1. The van der Waals surface area contributed by atoms with Gasteiger partial charge in [-0.3, -0.25) is 4.90 Å². The minimum atomic E-state index is -0.496. The number of carbonyl (C=O) groups excluding carboxylic acids is 1. The zero-order chi connectivity index (χ0) is 16.0. The summed E-state index contributed by atoms with van der Waals surface area (Å²) in [4.78, 5) is 24.3. The molecule has 1 aliphatic carbocycles. The van der Waals surface area contributed by atoms with Gasteiger partial charge in [-0.15, -0.1) is 0 Å². The Morgan fingerprint density at radius 1 is 1.27 bits per heavy atom. The standard InChI is InChI=1S/C15H21FN4O2/c1-14(2,3)22-13(21)20-7-6-19(10-15(20)4-5-15)12-17-8-11(16)9-18-12/h8-9H,4-7,10H2,1-3H3. The van der Waals surface area contributed by atoms with Gasteiger partial charge in [0.2, 0.25) is 5.95 Å². The van der Waals surface area contributed by atoms with Crippen molar-refractivity contribution in [2.24, 2.45) is 0 Å². The second-order valence-electron chi connectivity index (χ2n) is 6.98. The van der Waals surface area contributed by atoms with Crippen molar-refractivity contribution in [1.29, 1.82) is 0 Å². The largest absolute Gasteiger partial charge is 0.444 e. The van der Waals surface area contributed by atoms with Gasteiger partial charge in [-0.2, -0.15) is 0 Å². The molecule has 22 heavy (non-hydrogen) atoms. The van der Waals surface area contributed by atoms with Crippen molar-refractivity contribution < 1.29 is 13.9 Å². The molecular formula is C15H21FN4O2. The quantitative estimate of drug-likeness (QED) is 0.796. The van der Waals surface area contributed by atoms with Crippen molar-refractivity contribution in [3.05, 3.63) is 18.2 Å². The normalized spacial score (nSPS) is 20.2. The van der Waals surface area contributed by atoms with E-state index in [1.807, 2.05) is 30.6 Å². The van der Waals surface area contributed by atoms with E-state index in [2.05, 4.69) is 9.97 Å². The molecule has 1 saturated heterocycles. The Kier molecular flexibility index (Phi) is 3.45. The topological polar surface area (TPSA) is 58.6 Å². The van der Waals surface area contributed by atoms with Gasteiger partial charge in [-0.25, -0.2) is 19.2 Å². The predicted molar refractivity (Wildman–Crippen MR) is 79.1 cm³/mol. The predicted octanol–water partition coefficient (Wildman–Crippen LogP) is 2.21. The molecule has 0 radical (unpaired) electrons. The molecule has 7 heteroatoms. The van der Waals surface area contributed by atoms with Crippen LogP contribution in [0.15, 0.2) is 12.4 Å². The number of ether oxygens (including phenoxy) is 1. The molecule has 0 unspecified atom stereocenters. The van der Waals surface area contributed by atoms with Gasteiger partial charge in [0.05, 0.1) is 17.9 Å². The molecule has 3 rings (SSSR count). The second-order valence-corrected chi connectivity index (χ2v) is 6.98. The first-order valence-corrected chi connectivity index (χ1v) is 7.52. The first kappa shape index (κ1) is 15.0. The Labute approximate surface area is 129 Å². The molecule has 1 amide bonds. The molecule has 2 aliphatic rings. The number of amides is 1. The molecule has 1 aromatic heterocycles. The van der Waals surface area contributed by atoms with Gasteiger partial charge in [0, 0.05) is 19.6 Å². The summed E-state index contributed by atoms with van der Waals surface area (Å²) in [6.45, 7) is 7.45. The van der Waals surface area contributed by atoms with Crippen LogP contribution in [0, 0.1) is 5.82 Å². The number of aromatic nitrogens is 2. The van der Waals surface area contributed by atoms with Gasteiger partial charge in [0.1, 0.15) is 5.60 Å². The van der Waals surface area contributed by atoms with Crippen LogP contribution in [0.1, 0.15) is 33.6 Å². The van der Waals surface area contributed by atoms with Crippen molar-refractivity contribution in [2.45, 2.75) is 44.8 Å². The van der Waals surface area contributed by atoms with Gasteiger partial charge >= 0.3 is 6.09 Å². The Morgan fingerprint density at radius 2 is 1.91 bits per heavy atom. The summed E-state index contributed by atoms with van der Waals surface area (Å²) in [5.41, 5.74) is -0.678. The Bertz CT molecular complexity index is 566. The lowest BCUT2D eigenvalue weighted by Crippen LogP contribution is -2.58. The molecule has 0 atom stereocenters. The third-order valence-electron chi connectivity index (χ3n) is 3.98. The summed E-state index contributed by atoms with van der Waals surface area (Å²) < 4.78 is 18.4. The molecule has 0 aromatic carbocycles. The maximum Gasteiger partial charge on any atom is 0.410 e. The van der Waals surface area contributed by atoms with E-state index in [4.69, 9.17) is 4.74 Å². The number of nitrogens with zero attached hydrogens (tertiary/aromatic N) is 4. The highest BCUT2D eigenvalue weighted by Gasteiger charge is 2.54. The van der Waals surface area contributed by atoms with Crippen LogP contribution in [0.5, 0.6) is 0 Å². The van der Waals surface area contributed by atoms with Crippen LogP contribution in [0.3, 0.4) is 0 Å². The van der Waals surface area contributed by atoms with Crippen molar-refractivity contribution >= 4 is 12.0 Å². The maximum absolute atomic E-state index is 12.9. The smallest absolute Gasteiger partial charge is 0.410 e. The maximum atomic E-state index is 12.9. The van der Waals surface area contributed by atoms with E-state index in [9.17, 15) is 9.18 Å². The Morgan fingerprint density at radius 3 is 2.45 bits per heavy atom. The van der Waals surface area contributed by atoms with Gasteiger partial charge in [-0.05, 0) is 33.6 Å².